The van der Waals surface area contributed by atoms with Gasteiger partial charge in [0.2, 0.25) is 0 Å². The van der Waals surface area contributed by atoms with Crippen molar-refractivity contribution in [2.75, 3.05) is 6.61 Å². The van der Waals surface area contributed by atoms with Crippen LogP contribution in [0.3, 0.4) is 0 Å². The fraction of sp³-hybridized carbons (Fsp3) is 0.188. The molecule has 0 aliphatic carbocycles. The summed E-state index contributed by atoms with van der Waals surface area (Å²) in [5, 5.41) is 2.72. The minimum absolute atomic E-state index is 0.0971. The Labute approximate surface area is 117 Å². The van der Waals surface area contributed by atoms with Gasteiger partial charge in [-0.15, -0.1) is 0 Å². The first-order valence-electron chi connectivity index (χ1n) is 6.35. The topological polar surface area (TPSA) is 38.3 Å². The summed E-state index contributed by atoms with van der Waals surface area (Å²) in [4.78, 5) is 11.6. The van der Waals surface area contributed by atoms with Crippen LogP contribution >= 0.6 is 0 Å². The number of nitrogens with one attached hydrogen (secondary N) is 1. The highest BCUT2D eigenvalue weighted by atomic mass is 19.1. The lowest BCUT2D eigenvalue weighted by molar-refractivity contribution is -0.123. The highest BCUT2D eigenvalue weighted by Crippen LogP contribution is 2.17. The summed E-state index contributed by atoms with van der Waals surface area (Å²) in [6.45, 7) is 2.06. The summed E-state index contributed by atoms with van der Waals surface area (Å²) in [7, 11) is 0. The normalized spacial score (nSPS) is 10.1. The zero-order valence-electron chi connectivity index (χ0n) is 11.2. The summed E-state index contributed by atoms with van der Waals surface area (Å²) in [5.41, 5.74) is 1.88. The fourth-order valence-corrected chi connectivity index (χ4v) is 1.71. The van der Waals surface area contributed by atoms with E-state index in [0.29, 0.717) is 6.54 Å². The monoisotopic (exact) mass is 273 g/mol. The van der Waals surface area contributed by atoms with Crippen LogP contribution in [0, 0.1) is 12.7 Å². The van der Waals surface area contributed by atoms with Crippen molar-refractivity contribution in [2.24, 2.45) is 0 Å². The molecule has 0 bridgehead atoms. The van der Waals surface area contributed by atoms with Crippen molar-refractivity contribution >= 4 is 5.91 Å². The second-order valence-electron chi connectivity index (χ2n) is 4.48. The van der Waals surface area contributed by atoms with Crippen molar-refractivity contribution in [3.05, 3.63) is 65.5 Å². The van der Waals surface area contributed by atoms with E-state index in [9.17, 15) is 9.18 Å². The van der Waals surface area contributed by atoms with E-state index < -0.39 is 5.82 Å². The van der Waals surface area contributed by atoms with Gasteiger partial charge in [-0.25, -0.2) is 4.39 Å². The van der Waals surface area contributed by atoms with Crippen LogP contribution in [0.1, 0.15) is 11.1 Å². The Kier molecular flexibility index (Phi) is 4.71. The van der Waals surface area contributed by atoms with E-state index in [2.05, 4.69) is 5.32 Å². The van der Waals surface area contributed by atoms with Gasteiger partial charge in [0.25, 0.3) is 5.91 Å². The van der Waals surface area contributed by atoms with Gasteiger partial charge in [-0.2, -0.15) is 0 Å². The molecule has 0 aliphatic rings. The van der Waals surface area contributed by atoms with Crippen molar-refractivity contribution in [1.29, 1.82) is 0 Å². The second-order valence-corrected chi connectivity index (χ2v) is 4.48. The molecule has 1 N–H and O–H groups in total. The van der Waals surface area contributed by atoms with Crippen LogP contribution in [0.25, 0.3) is 0 Å². The van der Waals surface area contributed by atoms with Gasteiger partial charge in [-0.05, 0) is 30.2 Å². The van der Waals surface area contributed by atoms with Crippen molar-refractivity contribution in [3.8, 4) is 5.75 Å². The Balaban J connectivity index is 1.82. The highest BCUT2D eigenvalue weighted by Gasteiger charge is 2.07. The SMILES string of the molecule is Cc1ccc(F)c(OCC(=O)NCc2ccccc2)c1. The molecule has 2 aromatic carbocycles. The molecule has 104 valence electrons. The third-order valence-corrected chi connectivity index (χ3v) is 2.78. The molecule has 0 spiro atoms. The van der Waals surface area contributed by atoms with Gasteiger partial charge in [0.05, 0.1) is 0 Å². The van der Waals surface area contributed by atoms with Crippen LogP contribution < -0.4 is 10.1 Å². The molecule has 0 heterocycles. The van der Waals surface area contributed by atoms with E-state index in [-0.39, 0.29) is 18.3 Å². The lowest BCUT2D eigenvalue weighted by Crippen LogP contribution is -2.28. The summed E-state index contributed by atoms with van der Waals surface area (Å²) < 4.78 is 18.6. The molecule has 2 aromatic rings. The zero-order valence-corrected chi connectivity index (χ0v) is 11.2. The maximum atomic E-state index is 13.4. The molecule has 20 heavy (non-hydrogen) atoms. The van der Waals surface area contributed by atoms with Crippen molar-refractivity contribution in [3.63, 3.8) is 0 Å². The number of rotatable bonds is 5. The van der Waals surface area contributed by atoms with E-state index in [1.54, 1.807) is 12.1 Å². The highest BCUT2D eigenvalue weighted by molar-refractivity contribution is 5.77. The first kappa shape index (κ1) is 14.1. The van der Waals surface area contributed by atoms with Crippen LogP contribution in [-0.4, -0.2) is 12.5 Å². The fourth-order valence-electron chi connectivity index (χ4n) is 1.71. The third kappa shape index (κ3) is 4.09. The van der Waals surface area contributed by atoms with Crippen molar-refractivity contribution < 1.29 is 13.9 Å². The predicted molar refractivity (Wildman–Crippen MR) is 74.9 cm³/mol. The molecule has 1 amide bonds. The Morgan fingerprint density at radius 1 is 1.20 bits per heavy atom. The number of amides is 1. The van der Waals surface area contributed by atoms with Gasteiger partial charge >= 0.3 is 0 Å². The molecule has 0 saturated carbocycles. The number of aryl methyl sites for hydroxylation is 1. The first-order chi connectivity index (χ1) is 9.65. The molecule has 3 nitrogen and oxygen atoms in total. The molecule has 4 heteroatoms. The quantitative estimate of drug-likeness (QED) is 0.909. The molecule has 0 unspecified atom stereocenters. The Morgan fingerprint density at radius 2 is 1.95 bits per heavy atom. The minimum Gasteiger partial charge on any atom is -0.481 e. The standard InChI is InChI=1S/C16H16FNO2/c1-12-7-8-14(17)15(9-12)20-11-16(19)18-10-13-5-3-2-4-6-13/h2-9H,10-11H2,1H3,(H,18,19). The maximum Gasteiger partial charge on any atom is 0.258 e. The number of ether oxygens (including phenoxy) is 1. The zero-order chi connectivity index (χ0) is 14.4. The Hall–Kier alpha value is -2.36. The number of hydrogen-bond acceptors (Lipinski definition) is 2. The molecule has 2 rings (SSSR count). The summed E-state index contributed by atoms with van der Waals surface area (Å²) in [6.07, 6.45) is 0. The van der Waals surface area contributed by atoms with Crippen LogP contribution in [0.5, 0.6) is 5.75 Å². The smallest absolute Gasteiger partial charge is 0.258 e. The Bertz CT molecular complexity index is 584. The second kappa shape index (κ2) is 6.70. The lowest BCUT2D eigenvalue weighted by atomic mass is 10.2. The molecule has 0 aromatic heterocycles. The molecule has 0 fully saturated rings. The average Bonchev–Trinajstić information content (AvgIpc) is 2.47. The van der Waals surface area contributed by atoms with Crippen LogP contribution in [0.2, 0.25) is 0 Å². The van der Waals surface area contributed by atoms with E-state index in [1.165, 1.54) is 6.07 Å². The number of benzene rings is 2. The van der Waals surface area contributed by atoms with E-state index in [1.807, 2.05) is 37.3 Å². The van der Waals surface area contributed by atoms with Crippen LogP contribution in [-0.2, 0) is 11.3 Å². The number of halogens is 1. The largest absolute Gasteiger partial charge is 0.481 e. The van der Waals surface area contributed by atoms with Gasteiger partial charge < -0.3 is 10.1 Å². The average molecular weight is 273 g/mol. The molecule has 0 atom stereocenters. The lowest BCUT2D eigenvalue weighted by Gasteiger charge is -2.09. The first-order valence-corrected chi connectivity index (χ1v) is 6.35. The number of carbonyl (C=O) groups is 1. The summed E-state index contributed by atoms with van der Waals surface area (Å²) >= 11 is 0. The van der Waals surface area contributed by atoms with E-state index in [0.717, 1.165) is 11.1 Å². The van der Waals surface area contributed by atoms with Gasteiger partial charge in [0.15, 0.2) is 18.2 Å². The number of hydrogen-bond donors (Lipinski definition) is 1. The summed E-state index contributed by atoms with van der Waals surface area (Å²) in [6, 6.07) is 14.1. The minimum atomic E-state index is -0.466. The molecule has 0 radical (unpaired) electrons. The summed E-state index contributed by atoms with van der Waals surface area (Å²) in [5.74, 6) is -0.652. The van der Waals surface area contributed by atoms with Gasteiger partial charge in [-0.1, -0.05) is 36.4 Å². The van der Waals surface area contributed by atoms with E-state index in [4.69, 9.17) is 4.74 Å². The van der Waals surface area contributed by atoms with Crippen molar-refractivity contribution in [1.82, 2.24) is 5.32 Å². The molecular formula is C16H16FNO2. The molecule has 0 aliphatic heterocycles. The predicted octanol–water partition coefficient (Wildman–Crippen LogP) is 2.83. The van der Waals surface area contributed by atoms with E-state index >= 15 is 0 Å². The number of carbonyl (C=O) groups excluding carboxylic acids is 1. The molecular weight excluding hydrogens is 257 g/mol. The van der Waals surface area contributed by atoms with Crippen LogP contribution in [0.4, 0.5) is 4.39 Å². The van der Waals surface area contributed by atoms with Crippen LogP contribution in [0.15, 0.2) is 48.5 Å². The van der Waals surface area contributed by atoms with Gasteiger partial charge in [0, 0.05) is 6.54 Å². The van der Waals surface area contributed by atoms with Gasteiger partial charge in [0.1, 0.15) is 0 Å². The Morgan fingerprint density at radius 3 is 2.70 bits per heavy atom. The maximum absolute atomic E-state index is 13.4. The van der Waals surface area contributed by atoms with Crippen molar-refractivity contribution in [2.45, 2.75) is 13.5 Å². The van der Waals surface area contributed by atoms with Gasteiger partial charge in [-0.3, -0.25) is 4.79 Å². The molecule has 0 saturated heterocycles. The third-order valence-electron chi connectivity index (χ3n) is 2.78.